The smallest absolute Gasteiger partial charge is 0.109 e. The van der Waals surface area contributed by atoms with Gasteiger partial charge >= 0.3 is 0 Å². The molecule has 0 radical (unpaired) electrons. The molecule has 98 valence electrons. The Morgan fingerprint density at radius 2 is 2.11 bits per heavy atom. The Kier molecular flexibility index (Phi) is 3.88. The van der Waals surface area contributed by atoms with Gasteiger partial charge < -0.3 is 9.88 Å². The van der Waals surface area contributed by atoms with Crippen molar-refractivity contribution in [2.24, 2.45) is 7.05 Å². The van der Waals surface area contributed by atoms with Crippen LogP contribution in [-0.2, 0) is 13.6 Å². The van der Waals surface area contributed by atoms with Crippen molar-refractivity contribution in [2.45, 2.75) is 40.3 Å². The van der Waals surface area contributed by atoms with Crippen molar-refractivity contribution in [1.82, 2.24) is 14.9 Å². The first-order valence-electron chi connectivity index (χ1n) is 6.26. The highest BCUT2D eigenvalue weighted by Gasteiger charge is 2.11. The number of aryl methyl sites for hydroxylation is 2. The number of hydrogen-bond donors (Lipinski definition) is 1. The van der Waals surface area contributed by atoms with E-state index in [1.807, 2.05) is 6.20 Å². The SMILES string of the molecule is Cc1cnc(C(C)NCc2cc(C)n(C)c2C)s1. The van der Waals surface area contributed by atoms with Crippen LogP contribution >= 0.6 is 11.3 Å². The Bertz CT molecular complexity index is 539. The molecule has 0 saturated heterocycles. The van der Waals surface area contributed by atoms with Crippen LogP contribution in [-0.4, -0.2) is 9.55 Å². The second kappa shape index (κ2) is 5.24. The highest BCUT2D eigenvalue weighted by atomic mass is 32.1. The molecule has 1 unspecified atom stereocenters. The Morgan fingerprint density at radius 1 is 1.39 bits per heavy atom. The van der Waals surface area contributed by atoms with Gasteiger partial charge in [0.1, 0.15) is 5.01 Å². The summed E-state index contributed by atoms with van der Waals surface area (Å²) in [6.07, 6.45) is 1.94. The molecule has 2 heterocycles. The van der Waals surface area contributed by atoms with Gasteiger partial charge in [-0.3, -0.25) is 0 Å². The van der Waals surface area contributed by atoms with Crippen LogP contribution in [0.5, 0.6) is 0 Å². The Morgan fingerprint density at radius 3 is 2.61 bits per heavy atom. The van der Waals surface area contributed by atoms with Gasteiger partial charge in [-0.05, 0) is 39.3 Å². The lowest BCUT2D eigenvalue weighted by Gasteiger charge is -2.11. The van der Waals surface area contributed by atoms with Crippen molar-refractivity contribution in [3.63, 3.8) is 0 Å². The second-order valence-electron chi connectivity index (χ2n) is 4.87. The summed E-state index contributed by atoms with van der Waals surface area (Å²) < 4.78 is 2.23. The minimum atomic E-state index is 0.309. The molecule has 3 nitrogen and oxygen atoms in total. The second-order valence-corrected chi connectivity index (χ2v) is 6.13. The number of nitrogens with one attached hydrogen (secondary N) is 1. The van der Waals surface area contributed by atoms with Crippen molar-refractivity contribution in [3.8, 4) is 0 Å². The quantitative estimate of drug-likeness (QED) is 0.917. The molecular formula is C14H21N3S. The van der Waals surface area contributed by atoms with Crippen molar-refractivity contribution >= 4 is 11.3 Å². The lowest BCUT2D eigenvalue weighted by Crippen LogP contribution is -2.18. The molecule has 0 spiro atoms. The Balaban J connectivity index is 2.01. The van der Waals surface area contributed by atoms with Gasteiger partial charge in [0.25, 0.3) is 0 Å². The van der Waals surface area contributed by atoms with Crippen molar-refractivity contribution in [3.05, 3.63) is 39.1 Å². The molecule has 2 aromatic rings. The number of thiazole rings is 1. The molecule has 0 aliphatic rings. The molecule has 0 amide bonds. The van der Waals surface area contributed by atoms with E-state index < -0.39 is 0 Å². The normalized spacial score (nSPS) is 12.9. The van der Waals surface area contributed by atoms with E-state index in [0.717, 1.165) is 11.6 Å². The van der Waals surface area contributed by atoms with Crippen LogP contribution in [0.25, 0.3) is 0 Å². The first-order chi connectivity index (χ1) is 8.49. The molecular weight excluding hydrogens is 242 g/mol. The van der Waals surface area contributed by atoms with Crippen LogP contribution in [0.2, 0.25) is 0 Å². The largest absolute Gasteiger partial charge is 0.352 e. The number of hydrogen-bond acceptors (Lipinski definition) is 3. The highest BCUT2D eigenvalue weighted by molar-refractivity contribution is 7.11. The Hall–Kier alpha value is -1.13. The fourth-order valence-electron chi connectivity index (χ4n) is 2.04. The van der Waals surface area contributed by atoms with Crippen LogP contribution in [0.15, 0.2) is 12.3 Å². The van der Waals surface area contributed by atoms with E-state index in [4.69, 9.17) is 0 Å². The number of rotatable bonds is 4. The average Bonchev–Trinajstić information content (AvgIpc) is 2.87. The van der Waals surface area contributed by atoms with Gasteiger partial charge in [0.2, 0.25) is 0 Å². The summed E-state index contributed by atoms with van der Waals surface area (Å²) in [7, 11) is 2.11. The van der Waals surface area contributed by atoms with E-state index >= 15 is 0 Å². The molecule has 0 aliphatic carbocycles. The van der Waals surface area contributed by atoms with Crippen LogP contribution in [0.3, 0.4) is 0 Å². The predicted octanol–water partition coefficient (Wildman–Crippen LogP) is 3.26. The van der Waals surface area contributed by atoms with Gasteiger partial charge in [-0.2, -0.15) is 0 Å². The zero-order chi connectivity index (χ0) is 13.3. The van der Waals surface area contributed by atoms with Crippen molar-refractivity contribution in [1.29, 1.82) is 0 Å². The minimum absolute atomic E-state index is 0.309. The maximum atomic E-state index is 4.42. The summed E-state index contributed by atoms with van der Waals surface area (Å²) >= 11 is 1.76. The first kappa shape index (κ1) is 13.3. The van der Waals surface area contributed by atoms with E-state index in [-0.39, 0.29) is 0 Å². The molecule has 2 aromatic heterocycles. The lowest BCUT2D eigenvalue weighted by molar-refractivity contribution is 0.570. The van der Waals surface area contributed by atoms with E-state index in [1.54, 1.807) is 11.3 Å². The third kappa shape index (κ3) is 2.65. The van der Waals surface area contributed by atoms with Crippen LogP contribution < -0.4 is 5.32 Å². The molecule has 0 saturated carbocycles. The van der Waals surface area contributed by atoms with Crippen LogP contribution in [0.4, 0.5) is 0 Å². The predicted molar refractivity (Wildman–Crippen MR) is 77.0 cm³/mol. The first-order valence-corrected chi connectivity index (χ1v) is 7.08. The van der Waals surface area contributed by atoms with Crippen molar-refractivity contribution in [2.75, 3.05) is 0 Å². The van der Waals surface area contributed by atoms with E-state index in [1.165, 1.54) is 21.8 Å². The Labute approximate surface area is 113 Å². The molecule has 1 N–H and O–H groups in total. The standard InChI is InChI=1S/C14H21N3S/c1-9-6-13(12(4)17(9)5)8-15-11(3)14-16-7-10(2)18-14/h6-7,11,15H,8H2,1-5H3. The zero-order valence-electron chi connectivity index (χ0n) is 11.7. The van der Waals surface area contributed by atoms with Gasteiger partial charge in [-0.25, -0.2) is 4.98 Å². The third-order valence-corrected chi connectivity index (χ3v) is 4.58. The van der Waals surface area contributed by atoms with Gasteiger partial charge in [-0.1, -0.05) is 0 Å². The maximum Gasteiger partial charge on any atom is 0.109 e. The molecule has 18 heavy (non-hydrogen) atoms. The molecule has 2 rings (SSSR count). The van der Waals surface area contributed by atoms with Gasteiger partial charge in [0.05, 0.1) is 6.04 Å². The fraction of sp³-hybridized carbons (Fsp3) is 0.500. The third-order valence-electron chi connectivity index (χ3n) is 3.49. The number of nitrogens with zero attached hydrogens (tertiary/aromatic N) is 2. The maximum absolute atomic E-state index is 4.42. The molecule has 1 atom stereocenters. The number of aromatic nitrogens is 2. The molecule has 0 aromatic carbocycles. The zero-order valence-corrected chi connectivity index (χ0v) is 12.6. The molecule has 0 aliphatic heterocycles. The molecule has 0 bridgehead atoms. The minimum Gasteiger partial charge on any atom is -0.352 e. The van der Waals surface area contributed by atoms with Crippen molar-refractivity contribution < 1.29 is 0 Å². The summed E-state index contributed by atoms with van der Waals surface area (Å²) in [4.78, 5) is 5.69. The van der Waals surface area contributed by atoms with Crippen LogP contribution in [0, 0.1) is 20.8 Å². The van der Waals surface area contributed by atoms with E-state index in [0.29, 0.717) is 6.04 Å². The summed E-state index contributed by atoms with van der Waals surface area (Å²) in [6.45, 7) is 9.47. The fourth-order valence-corrected chi connectivity index (χ4v) is 2.84. The van der Waals surface area contributed by atoms with Gasteiger partial charge in [-0.15, -0.1) is 11.3 Å². The van der Waals surface area contributed by atoms with E-state index in [9.17, 15) is 0 Å². The lowest BCUT2D eigenvalue weighted by atomic mass is 10.2. The summed E-state index contributed by atoms with van der Waals surface area (Å²) in [5, 5.41) is 4.71. The summed E-state index contributed by atoms with van der Waals surface area (Å²) in [5.74, 6) is 0. The molecule has 0 fully saturated rings. The van der Waals surface area contributed by atoms with Gasteiger partial charge in [0.15, 0.2) is 0 Å². The monoisotopic (exact) mass is 263 g/mol. The summed E-state index contributed by atoms with van der Waals surface area (Å²) in [6, 6.07) is 2.56. The summed E-state index contributed by atoms with van der Waals surface area (Å²) in [5.41, 5.74) is 4.01. The van der Waals surface area contributed by atoms with E-state index in [2.05, 4.69) is 55.7 Å². The average molecular weight is 263 g/mol. The highest BCUT2D eigenvalue weighted by Crippen LogP contribution is 2.20. The van der Waals surface area contributed by atoms with Crippen LogP contribution in [0.1, 0.15) is 39.8 Å². The van der Waals surface area contributed by atoms with Gasteiger partial charge in [0, 0.05) is 36.1 Å². The topological polar surface area (TPSA) is 29.9 Å². The molecule has 4 heteroatoms.